The van der Waals surface area contributed by atoms with E-state index in [-0.39, 0.29) is 4.88 Å². The molecule has 610 valence electrons. The number of aromatic carboxylic acids is 1. The van der Waals surface area contributed by atoms with Crippen LogP contribution in [0, 0.1) is 23.7 Å². The molecule has 8 bridgehead atoms. The van der Waals surface area contributed by atoms with Crippen molar-refractivity contribution in [1.29, 1.82) is 0 Å². The second kappa shape index (κ2) is 47.0. The lowest BCUT2D eigenvalue weighted by atomic mass is 9.92. The van der Waals surface area contributed by atoms with Crippen LogP contribution in [0.15, 0.2) is 127 Å². The Bertz CT molecular complexity index is 4940. The van der Waals surface area contributed by atoms with Crippen molar-refractivity contribution >= 4 is 96.0 Å². The van der Waals surface area contributed by atoms with Gasteiger partial charge in [0.2, 0.25) is 0 Å². The maximum atomic E-state index is 12.4. The molecule has 6 heterocycles. The zero-order valence-corrected chi connectivity index (χ0v) is 71.2. The first kappa shape index (κ1) is 85.8. The highest BCUT2D eigenvalue weighted by atomic mass is 32.1. The summed E-state index contributed by atoms with van der Waals surface area (Å²) in [5, 5.41) is 17.3. The van der Waals surface area contributed by atoms with Gasteiger partial charge in [0.25, 0.3) is 0 Å². The average molecular weight is 1570 g/mol. The van der Waals surface area contributed by atoms with E-state index in [2.05, 4.69) is 201 Å². The number of ether oxygens (including phenoxy) is 4. The first-order valence-corrected chi connectivity index (χ1v) is 46.1. The highest BCUT2D eigenvalue weighted by Gasteiger charge is 2.25. The van der Waals surface area contributed by atoms with Gasteiger partial charge in [-0.25, -0.2) is 14.8 Å². The van der Waals surface area contributed by atoms with E-state index in [1.54, 1.807) is 12.1 Å². The number of nitrogens with zero attached hydrogens (tertiary/aromatic N) is 2. The van der Waals surface area contributed by atoms with E-state index >= 15 is 0 Å². The lowest BCUT2D eigenvalue weighted by molar-refractivity contribution is 0.0702. The fourth-order valence-corrected chi connectivity index (χ4v) is 17.4. The number of unbranched alkanes of at least 4 members (excludes halogenated alkanes) is 36. The molecule has 12 rings (SSSR count). The first-order chi connectivity index (χ1) is 57.3. The summed E-state index contributed by atoms with van der Waals surface area (Å²) in [4.78, 5) is 32.7. The number of thiophene rings is 1. The van der Waals surface area contributed by atoms with Gasteiger partial charge < -0.3 is 34.0 Å². The van der Waals surface area contributed by atoms with Crippen LogP contribution >= 0.6 is 11.3 Å². The third-order valence-corrected chi connectivity index (χ3v) is 24.2. The van der Waals surface area contributed by atoms with Crippen molar-refractivity contribution in [3.05, 3.63) is 177 Å². The fraction of sp³-hybridized carbons (Fsp3) is 0.457. The molecule has 0 radical (unpaired) electrons. The highest BCUT2D eigenvalue weighted by molar-refractivity contribution is 7.14. The molecule has 2 aliphatic heterocycles. The predicted octanol–water partition coefficient (Wildman–Crippen LogP) is 30.6. The summed E-state index contributed by atoms with van der Waals surface area (Å²) >= 11 is 1.16. The van der Waals surface area contributed by atoms with Crippen LogP contribution in [0.3, 0.4) is 0 Å². The number of carboxylic acid groups (broad SMARTS) is 1. The van der Waals surface area contributed by atoms with Gasteiger partial charge in [-0.3, -0.25) is 0 Å². The third-order valence-electron chi connectivity index (χ3n) is 23.2. The molecular weight excluding hydrogens is 1450 g/mol. The summed E-state index contributed by atoms with van der Waals surface area (Å²) in [5.74, 6) is 16.5. The largest absolute Gasteiger partial charge is 0.493 e. The van der Waals surface area contributed by atoms with Crippen LogP contribution in [0.2, 0.25) is 0 Å². The monoisotopic (exact) mass is 1570 g/mol. The second-order valence-corrected chi connectivity index (χ2v) is 33.4. The normalized spacial score (nSPS) is 11.8. The number of hydrogen-bond donors (Lipinski definition) is 3. The lowest BCUT2D eigenvalue weighted by Crippen LogP contribution is -2.04. The third kappa shape index (κ3) is 24.3. The molecule has 0 saturated heterocycles. The van der Waals surface area contributed by atoms with E-state index in [4.69, 9.17) is 28.9 Å². The number of hydrogen-bond acceptors (Lipinski definition) is 8. The number of benzene rings is 6. The molecule has 2 aliphatic rings. The SMILES string of the molecule is CCCCCCCCCCCCOc1cccc(OCCCCCCCCCCCC)c1-c1c2nc(c(C#Cc3ccc4ccc5cccc6ccc3c4c56)c3ccc([nH]3)c(-c3c(OCCCCCCCCCCCC)cccc3OCCCCCCCCCCCC)c3nc(c(C#Cc4ccc(C(=O)O)s4)c4ccc1[nH]4)C=C3)C=C2. The molecule has 0 aliphatic carbocycles. The summed E-state index contributed by atoms with van der Waals surface area (Å²) in [7, 11) is 0. The van der Waals surface area contributed by atoms with E-state index in [9.17, 15) is 9.90 Å². The molecule has 10 aromatic rings. The summed E-state index contributed by atoms with van der Waals surface area (Å²) in [5.41, 5.74) is 11.3. The number of carbonyl (C=O) groups is 1. The van der Waals surface area contributed by atoms with Gasteiger partial charge in [0.1, 0.15) is 27.9 Å². The topological polar surface area (TPSA) is 132 Å². The summed E-state index contributed by atoms with van der Waals surface area (Å²) < 4.78 is 28.4. The van der Waals surface area contributed by atoms with Crippen molar-refractivity contribution in [3.63, 3.8) is 0 Å². The molecule has 11 heteroatoms. The molecule has 0 fully saturated rings. The quantitative estimate of drug-likeness (QED) is 0.0195. The van der Waals surface area contributed by atoms with Crippen LogP contribution in [-0.4, -0.2) is 57.4 Å². The van der Waals surface area contributed by atoms with E-state index in [0.29, 0.717) is 59.6 Å². The van der Waals surface area contributed by atoms with Crippen molar-refractivity contribution in [2.75, 3.05) is 26.4 Å². The minimum absolute atomic E-state index is 0.220. The smallest absolute Gasteiger partial charge is 0.345 e. The zero-order valence-electron chi connectivity index (χ0n) is 70.3. The Balaban J connectivity index is 1.03. The van der Waals surface area contributed by atoms with Crippen LogP contribution in [0.5, 0.6) is 23.0 Å². The molecular formula is C105H128N4O6S. The van der Waals surface area contributed by atoms with Gasteiger partial charge in [0, 0.05) is 27.7 Å². The van der Waals surface area contributed by atoms with Crippen molar-refractivity contribution in [3.8, 4) is 68.9 Å². The van der Waals surface area contributed by atoms with Gasteiger partial charge in [-0.1, -0.05) is 343 Å². The van der Waals surface area contributed by atoms with Crippen LogP contribution in [0.25, 0.3) is 101 Å². The van der Waals surface area contributed by atoms with Gasteiger partial charge in [-0.15, -0.1) is 11.3 Å². The maximum absolute atomic E-state index is 12.4. The van der Waals surface area contributed by atoms with Crippen LogP contribution in [-0.2, 0) is 0 Å². The fourth-order valence-electron chi connectivity index (χ4n) is 16.7. The summed E-state index contributed by atoms with van der Waals surface area (Å²) in [6.07, 6.45) is 57.4. The molecule has 0 spiro atoms. The van der Waals surface area contributed by atoms with Gasteiger partial charge >= 0.3 is 5.97 Å². The number of rotatable bonds is 51. The maximum Gasteiger partial charge on any atom is 0.345 e. The number of H-pyrrole nitrogens is 2. The van der Waals surface area contributed by atoms with Gasteiger partial charge in [0.15, 0.2) is 0 Å². The Labute approximate surface area is 696 Å². The lowest BCUT2D eigenvalue weighted by Gasteiger charge is -2.18. The van der Waals surface area contributed by atoms with Crippen LogP contribution in [0.4, 0.5) is 0 Å². The standard InChI is InChI=1S/C105H128N4O6S/c1-5-9-13-17-21-25-29-33-37-41-74-112-94-50-46-51-95(113-75-42-38-34-30-26-22-18-14-10-6-2)103(94)101-90-69-65-86(106-90)84(63-58-78-54-55-81-57-56-79-48-45-49-80-59-62-83(78)100(81)99(79)80)87-66-70-91(107-87)102(93-72-68-89(109-93)85(88-67-71-92(101)108-88)64-60-82-61-73-98(116-82)105(110)111)104-96(114-76-43-39-35-31-27-23-19-15-11-7-3)52-47-53-97(104)115-77-44-40-36-32-28-24-20-16-12-8-4/h45-57,59,61-62,65-73,106,109H,5-44,74-77H2,1-4H3,(H,110,111). The zero-order chi connectivity index (χ0) is 80.1. The van der Waals surface area contributed by atoms with Crippen LogP contribution in [0.1, 0.15) is 339 Å². The van der Waals surface area contributed by atoms with E-state index in [1.165, 1.54) is 232 Å². The Kier molecular flexibility index (Phi) is 34.8. The van der Waals surface area contributed by atoms with Crippen molar-refractivity contribution in [1.82, 2.24) is 19.9 Å². The first-order valence-electron chi connectivity index (χ1n) is 45.3. The average Bonchev–Trinajstić information content (AvgIpc) is 0.778. The number of fused-ring (bicyclic) bond motifs is 8. The van der Waals surface area contributed by atoms with Gasteiger partial charge in [-0.05, 0) is 149 Å². The van der Waals surface area contributed by atoms with E-state index < -0.39 is 5.97 Å². The minimum Gasteiger partial charge on any atom is -0.493 e. The molecule has 116 heavy (non-hydrogen) atoms. The summed E-state index contributed by atoms with van der Waals surface area (Å²) in [6.45, 7) is 11.3. The van der Waals surface area contributed by atoms with Crippen LogP contribution < -0.4 is 18.9 Å². The Morgan fingerprint density at radius 2 is 0.655 bits per heavy atom. The Morgan fingerprint density at radius 3 is 1.03 bits per heavy atom. The molecule has 0 saturated carbocycles. The molecule has 3 N–H and O–H groups in total. The Hall–Kier alpha value is -9.55. The molecule has 0 atom stereocenters. The van der Waals surface area contributed by atoms with Crippen molar-refractivity contribution in [2.24, 2.45) is 0 Å². The van der Waals surface area contributed by atoms with Gasteiger partial charge in [0.05, 0.1) is 87.4 Å². The van der Waals surface area contributed by atoms with Crippen molar-refractivity contribution in [2.45, 2.75) is 285 Å². The molecule has 0 unspecified atom stereocenters. The van der Waals surface area contributed by atoms with Crippen molar-refractivity contribution < 1.29 is 28.8 Å². The number of carboxylic acids is 1. The molecule has 4 aromatic heterocycles. The minimum atomic E-state index is -0.987. The second-order valence-electron chi connectivity index (χ2n) is 32.3. The Morgan fingerprint density at radius 1 is 0.328 bits per heavy atom. The highest BCUT2D eigenvalue weighted by Crippen LogP contribution is 2.46. The molecule has 6 aromatic carbocycles. The van der Waals surface area contributed by atoms with Gasteiger partial charge in [-0.2, -0.15) is 0 Å². The predicted molar refractivity (Wildman–Crippen MR) is 492 cm³/mol. The van der Waals surface area contributed by atoms with E-state index in [0.717, 1.165) is 147 Å². The number of aromatic amines is 2. The number of nitrogens with one attached hydrogen (secondary N) is 2. The number of aromatic nitrogens is 4. The molecule has 0 amide bonds. The molecule has 10 nitrogen and oxygen atoms in total. The van der Waals surface area contributed by atoms with E-state index in [1.807, 2.05) is 0 Å². The summed E-state index contributed by atoms with van der Waals surface area (Å²) in [6, 6.07) is 44.3.